The number of aryl methyl sites for hydroxylation is 1. The summed E-state index contributed by atoms with van der Waals surface area (Å²) in [6.07, 6.45) is 4.21. The Hall–Kier alpha value is -1.28. The van der Waals surface area contributed by atoms with Crippen LogP contribution in [-0.4, -0.2) is 27.0 Å². The third-order valence-electron chi connectivity index (χ3n) is 3.12. The van der Waals surface area contributed by atoms with Crippen molar-refractivity contribution in [1.82, 2.24) is 15.0 Å². The molecule has 0 fully saturated rings. The Morgan fingerprint density at radius 1 is 1.29 bits per heavy atom. The molecule has 5 nitrogen and oxygen atoms in total. The number of aromatic nitrogens is 1. The van der Waals surface area contributed by atoms with Crippen molar-refractivity contribution >= 4 is 21.4 Å². The number of likely N-dealkylation sites (N-methyl/N-ethyl adjacent to an activating group) is 1. The van der Waals surface area contributed by atoms with Gasteiger partial charge < -0.3 is 5.32 Å². The number of hydrogen-bond donors (Lipinski definition) is 2. The number of sulfonamides is 1. The molecular weight excluding hydrogens is 306 g/mol. The molecule has 2 aromatic heterocycles. The molecule has 21 heavy (non-hydrogen) atoms. The average Bonchev–Trinajstić information content (AvgIpc) is 2.94. The van der Waals surface area contributed by atoms with Crippen LogP contribution in [0.5, 0.6) is 0 Å². The molecule has 2 aromatic rings. The van der Waals surface area contributed by atoms with E-state index in [2.05, 4.69) is 15.0 Å². The Morgan fingerprint density at radius 3 is 2.81 bits per heavy atom. The second-order valence-corrected chi connectivity index (χ2v) is 7.86. The van der Waals surface area contributed by atoms with Crippen LogP contribution in [0, 0.1) is 6.92 Å². The molecule has 0 aliphatic rings. The second kappa shape index (κ2) is 7.13. The van der Waals surface area contributed by atoms with Gasteiger partial charge in [-0.15, -0.1) is 11.3 Å². The van der Waals surface area contributed by atoms with Crippen molar-refractivity contribution in [3.8, 4) is 0 Å². The molecule has 0 bridgehead atoms. The van der Waals surface area contributed by atoms with E-state index in [0.29, 0.717) is 4.21 Å². The van der Waals surface area contributed by atoms with Crippen molar-refractivity contribution in [3.63, 3.8) is 0 Å². The highest BCUT2D eigenvalue weighted by atomic mass is 32.2. The summed E-state index contributed by atoms with van der Waals surface area (Å²) in [6.45, 7) is 3.03. The molecule has 0 spiro atoms. The van der Waals surface area contributed by atoms with Crippen LogP contribution in [0.25, 0.3) is 0 Å². The summed E-state index contributed by atoms with van der Waals surface area (Å²) >= 11 is 1.31. The maximum Gasteiger partial charge on any atom is 0.250 e. The molecule has 7 heteroatoms. The van der Waals surface area contributed by atoms with Gasteiger partial charge in [0.05, 0.1) is 0 Å². The SMILES string of the molecule is CNCCc1ccc(S(=O)(=O)NCc2cnccc2C)s1. The zero-order chi connectivity index (χ0) is 15.3. The summed E-state index contributed by atoms with van der Waals surface area (Å²) in [5, 5.41) is 3.05. The highest BCUT2D eigenvalue weighted by molar-refractivity contribution is 7.91. The lowest BCUT2D eigenvalue weighted by Gasteiger charge is -2.06. The molecule has 0 aliphatic heterocycles. The van der Waals surface area contributed by atoms with Crippen LogP contribution in [-0.2, 0) is 23.0 Å². The van der Waals surface area contributed by atoms with Crippen molar-refractivity contribution in [2.45, 2.75) is 24.1 Å². The largest absolute Gasteiger partial charge is 0.319 e. The van der Waals surface area contributed by atoms with E-state index in [4.69, 9.17) is 0 Å². The van der Waals surface area contributed by atoms with Gasteiger partial charge in [-0.25, -0.2) is 13.1 Å². The van der Waals surface area contributed by atoms with Gasteiger partial charge in [0, 0.05) is 23.8 Å². The quantitative estimate of drug-likeness (QED) is 0.813. The summed E-state index contributed by atoms with van der Waals surface area (Å²) in [5.41, 5.74) is 1.90. The number of nitrogens with one attached hydrogen (secondary N) is 2. The van der Waals surface area contributed by atoms with Crippen LogP contribution in [0.2, 0.25) is 0 Å². The number of thiophene rings is 1. The first-order valence-electron chi connectivity index (χ1n) is 6.65. The Morgan fingerprint density at radius 2 is 2.10 bits per heavy atom. The molecule has 0 amide bonds. The van der Waals surface area contributed by atoms with Crippen LogP contribution in [0.15, 0.2) is 34.8 Å². The lowest BCUT2D eigenvalue weighted by molar-refractivity contribution is 0.583. The third kappa shape index (κ3) is 4.34. The van der Waals surface area contributed by atoms with E-state index in [1.54, 1.807) is 18.5 Å². The Bertz CT molecular complexity index is 696. The van der Waals surface area contributed by atoms with Gasteiger partial charge in [-0.1, -0.05) is 0 Å². The number of rotatable bonds is 7. The van der Waals surface area contributed by atoms with Gasteiger partial charge in [-0.05, 0) is 56.3 Å². The van der Waals surface area contributed by atoms with E-state index in [1.807, 2.05) is 26.1 Å². The highest BCUT2D eigenvalue weighted by Gasteiger charge is 2.16. The molecule has 2 N–H and O–H groups in total. The molecule has 0 aliphatic carbocycles. The maximum absolute atomic E-state index is 12.3. The van der Waals surface area contributed by atoms with Gasteiger partial charge in [0.25, 0.3) is 0 Å². The van der Waals surface area contributed by atoms with Crippen molar-refractivity contribution in [2.75, 3.05) is 13.6 Å². The van der Waals surface area contributed by atoms with Crippen molar-refractivity contribution < 1.29 is 8.42 Å². The second-order valence-electron chi connectivity index (χ2n) is 4.70. The Kier molecular flexibility index (Phi) is 5.46. The third-order valence-corrected chi connectivity index (χ3v) is 6.16. The zero-order valence-corrected chi connectivity index (χ0v) is 13.7. The average molecular weight is 325 g/mol. The minimum absolute atomic E-state index is 0.256. The molecule has 0 unspecified atom stereocenters. The van der Waals surface area contributed by atoms with Gasteiger partial charge in [0.1, 0.15) is 4.21 Å². The number of nitrogens with zero attached hydrogens (tertiary/aromatic N) is 1. The van der Waals surface area contributed by atoms with E-state index in [9.17, 15) is 8.42 Å². The lowest BCUT2D eigenvalue weighted by Crippen LogP contribution is -2.22. The van der Waals surface area contributed by atoms with Crippen LogP contribution in [0.3, 0.4) is 0 Å². The highest BCUT2D eigenvalue weighted by Crippen LogP contribution is 2.22. The van der Waals surface area contributed by atoms with Gasteiger partial charge in [-0.2, -0.15) is 0 Å². The first kappa shape index (κ1) is 16.1. The van der Waals surface area contributed by atoms with Crippen LogP contribution >= 0.6 is 11.3 Å². The fourth-order valence-corrected chi connectivity index (χ4v) is 4.22. The van der Waals surface area contributed by atoms with Crippen LogP contribution < -0.4 is 10.0 Å². The standard InChI is InChI=1S/C14H19N3O2S2/c1-11-5-8-16-9-12(11)10-17-21(18,19)14-4-3-13(20-14)6-7-15-2/h3-5,8-9,15,17H,6-7,10H2,1-2H3. The van der Waals surface area contributed by atoms with Crippen molar-refractivity contribution in [2.24, 2.45) is 0 Å². The van der Waals surface area contributed by atoms with Crippen molar-refractivity contribution in [3.05, 3.63) is 46.6 Å². The normalized spacial score (nSPS) is 11.7. The van der Waals surface area contributed by atoms with Gasteiger partial charge in [-0.3, -0.25) is 4.98 Å². The Balaban J connectivity index is 2.05. The molecule has 2 heterocycles. The summed E-state index contributed by atoms with van der Waals surface area (Å²) < 4.78 is 27.5. The van der Waals surface area contributed by atoms with Crippen LogP contribution in [0.4, 0.5) is 0 Å². The summed E-state index contributed by atoms with van der Waals surface area (Å²) in [7, 11) is -1.58. The maximum atomic E-state index is 12.3. The smallest absolute Gasteiger partial charge is 0.250 e. The first-order chi connectivity index (χ1) is 10.0. The summed E-state index contributed by atoms with van der Waals surface area (Å²) in [6, 6.07) is 5.39. The topological polar surface area (TPSA) is 71.1 Å². The minimum atomic E-state index is -3.46. The fourth-order valence-electron chi connectivity index (χ4n) is 1.81. The van der Waals surface area contributed by atoms with Crippen LogP contribution in [0.1, 0.15) is 16.0 Å². The minimum Gasteiger partial charge on any atom is -0.319 e. The predicted octanol–water partition coefficient (Wildman–Crippen LogP) is 1.69. The number of pyridine rings is 1. The van der Waals surface area contributed by atoms with E-state index in [-0.39, 0.29) is 6.54 Å². The van der Waals surface area contributed by atoms with E-state index in [1.165, 1.54) is 11.3 Å². The first-order valence-corrected chi connectivity index (χ1v) is 8.95. The zero-order valence-electron chi connectivity index (χ0n) is 12.1. The molecule has 2 rings (SSSR count). The monoisotopic (exact) mass is 325 g/mol. The summed E-state index contributed by atoms with van der Waals surface area (Å²) in [4.78, 5) is 5.08. The molecule has 114 valence electrons. The molecule has 0 atom stereocenters. The molecule has 0 radical (unpaired) electrons. The van der Waals surface area contributed by atoms with Gasteiger partial charge in [0.2, 0.25) is 10.0 Å². The van der Waals surface area contributed by atoms with E-state index < -0.39 is 10.0 Å². The van der Waals surface area contributed by atoms with E-state index >= 15 is 0 Å². The van der Waals surface area contributed by atoms with E-state index in [0.717, 1.165) is 29.0 Å². The molecule has 0 aromatic carbocycles. The van der Waals surface area contributed by atoms with Crippen molar-refractivity contribution in [1.29, 1.82) is 0 Å². The lowest BCUT2D eigenvalue weighted by atomic mass is 10.2. The number of hydrogen-bond acceptors (Lipinski definition) is 5. The molecular formula is C14H19N3O2S2. The summed E-state index contributed by atoms with van der Waals surface area (Å²) in [5.74, 6) is 0. The van der Waals surface area contributed by atoms with Gasteiger partial charge >= 0.3 is 0 Å². The fraction of sp³-hybridized carbons (Fsp3) is 0.357. The predicted molar refractivity (Wildman–Crippen MR) is 84.9 cm³/mol. The van der Waals surface area contributed by atoms with Gasteiger partial charge in [0.15, 0.2) is 0 Å². The molecule has 0 saturated carbocycles. The Labute approximate surface area is 129 Å². The molecule has 0 saturated heterocycles.